The highest BCUT2D eigenvalue weighted by atomic mass is 16.4. The van der Waals surface area contributed by atoms with Gasteiger partial charge in [-0.15, -0.1) is 0 Å². The molecular formula is C15H15N5O2. The number of nitrogens with one attached hydrogen (secondary N) is 2. The van der Waals surface area contributed by atoms with Crippen LogP contribution in [0.25, 0.3) is 22.6 Å². The van der Waals surface area contributed by atoms with E-state index in [0.29, 0.717) is 0 Å². The summed E-state index contributed by atoms with van der Waals surface area (Å²) in [6.45, 7) is 0.669. The Labute approximate surface area is 126 Å². The van der Waals surface area contributed by atoms with Crippen molar-refractivity contribution in [2.75, 3.05) is 5.32 Å². The van der Waals surface area contributed by atoms with E-state index in [4.69, 9.17) is 5.11 Å². The predicted molar refractivity (Wildman–Crippen MR) is 81.4 cm³/mol. The van der Waals surface area contributed by atoms with Crippen molar-refractivity contribution in [1.29, 1.82) is 0 Å². The lowest BCUT2D eigenvalue weighted by Gasteiger charge is -2.14. The average Bonchev–Trinajstić information content (AvgIpc) is 3.15. The monoisotopic (exact) mass is 297 g/mol. The number of aromatic amines is 1. The Bertz CT molecular complexity index is 871. The minimum Gasteiger partial charge on any atom is -0.480 e. The minimum atomic E-state index is -0.860. The first-order chi connectivity index (χ1) is 10.6. The summed E-state index contributed by atoms with van der Waals surface area (Å²) < 4.78 is 3.58. The van der Waals surface area contributed by atoms with E-state index >= 15 is 0 Å². The second-order valence-corrected chi connectivity index (χ2v) is 5.38. The van der Waals surface area contributed by atoms with Crippen LogP contribution in [0.2, 0.25) is 0 Å². The molecule has 0 radical (unpaired) electrons. The molecular weight excluding hydrogens is 282 g/mol. The van der Waals surface area contributed by atoms with Gasteiger partial charge in [-0.25, -0.2) is 0 Å². The topological polar surface area (TPSA) is 87.9 Å². The molecule has 4 heterocycles. The Hall–Kier alpha value is -2.96. The highest BCUT2D eigenvalue weighted by Crippen LogP contribution is 2.38. The lowest BCUT2D eigenvalue weighted by molar-refractivity contribution is -0.137. The van der Waals surface area contributed by atoms with E-state index in [1.165, 1.54) is 0 Å². The molecule has 0 atom stereocenters. The first kappa shape index (κ1) is 12.8. The fraction of sp³-hybridized carbons (Fsp3) is 0.200. The van der Waals surface area contributed by atoms with Crippen molar-refractivity contribution in [3.05, 3.63) is 36.2 Å². The predicted octanol–water partition coefficient (Wildman–Crippen LogP) is 1.89. The van der Waals surface area contributed by atoms with E-state index in [1.807, 2.05) is 36.1 Å². The van der Waals surface area contributed by atoms with Crippen LogP contribution < -0.4 is 5.32 Å². The van der Waals surface area contributed by atoms with Gasteiger partial charge in [-0.3, -0.25) is 9.48 Å². The summed E-state index contributed by atoms with van der Waals surface area (Å²) >= 11 is 0. The number of carboxylic acids is 1. The Morgan fingerprint density at radius 1 is 1.50 bits per heavy atom. The molecule has 3 aromatic rings. The van der Waals surface area contributed by atoms with Gasteiger partial charge in [0.05, 0.1) is 23.3 Å². The van der Waals surface area contributed by atoms with Crippen LogP contribution in [0.1, 0.15) is 5.56 Å². The number of hydrogen-bond acceptors (Lipinski definition) is 3. The van der Waals surface area contributed by atoms with Gasteiger partial charge in [0.1, 0.15) is 12.4 Å². The van der Waals surface area contributed by atoms with Gasteiger partial charge in [0.2, 0.25) is 0 Å². The van der Waals surface area contributed by atoms with Crippen LogP contribution >= 0.6 is 0 Å². The molecule has 1 aliphatic rings. The molecule has 0 saturated carbocycles. The second-order valence-electron chi connectivity index (χ2n) is 5.38. The zero-order valence-electron chi connectivity index (χ0n) is 12.0. The highest BCUT2D eigenvalue weighted by Gasteiger charge is 2.23. The number of anilines is 1. The molecule has 0 unspecified atom stereocenters. The molecule has 0 saturated heterocycles. The third-order valence-corrected chi connectivity index (χ3v) is 3.95. The molecule has 0 amide bonds. The van der Waals surface area contributed by atoms with Gasteiger partial charge < -0.3 is 20.0 Å². The van der Waals surface area contributed by atoms with Gasteiger partial charge in [0.25, 0.3) is 0 Å². The number of aryl methyl sites for hydroxylation is 1. The molecule has 7 heteroatoms. The number of fused-ring (bicyclic) bond motifs is 3. The van der Waals surface area contributed by atoms with E-state index in [2.05, 4.69) is 15.4 Å². The smallest absolute Gasteiger partial charge is 0.323 e. The number of H-pyrrole nitrogens is 1. The molecule has 3 N–H and O–H groups in total. The normalized spacial score (nSPS) is 12.6. The van der Waals surface area contributed by atoms with Crippen LogP contribution in [0.15, 0.2) is 30.6 Å². The second kappa shape index (κ2) is 4.52. The van der Waals surface area contributed by atoms with Crippen molar-refractivity contribution in [2.45, 2.75) is 13.1 Å². The third kappa shape index (κ3) is 1.82. The van der Waals surface area contributed by atoms with Gasteiger partial charge in [-0.1, -0.05) is 0 Å². The maximum absolute atomic E-state index is 11.0. The number of aliphatic carboxylic acids is 1. The van der Waals surface area contributed by atoms with E-state index in [1.54, 1.807) is 10.8 Å². The zero-order valence-corrected chi connectivity index (χ0v) is 12.0. The third-order valence-electron chi connectivity index (χ3n) is 3.95. The zero-order chi connectivity index (χ0) is 15.3. The molecule has 1 aliphatic heterocycles. The molecule has 7 nitrogen and oxygen atoms in total. The highest BCUT2D eigenvalue weighted by molar-refractivity contribution is 5.83. The summed E-state index contributed by atoms with van der Waals surface area (Å²) in [5, 5.41) is 16.6. The molecule has 0 aromatic carbocycles. The van der Waals surface area contributed by atoms with Crippen molar-refractivity contribution >= 4 is 11.8 Å². The summed E-state index contributed by atoms with van der Waals surface area (Å²) in [7, 11) is 1.92. The molecule has 0 fully saturated rings. The van der Waals surface area contributed by atoms with Gasteiger partial charge in [0.15, 0.2) is 0 Å². The van der Waals surface area contributed by atoms with Crippen LogP contribution in [-0.2, 0) is 24.9 Å². The Morgan fingerprint density at radius 3 is 3.18 bits per heavy atom. The Kier molecular flexibility index (Phi) is 2.62. The largest absolute Gasteiger partial charge is 0.480 e. The van der Waals surface area contributed by atoms with Crippen LogP contribution in [0, 0.1) is 0 Å². The number of hydrogen-bond donors (Lipinski definition) is 3. The fourth-order valence-electron chi connectivity index (χ4n) is 3.00. The number of aromatic nitrogens is 4. The van der Waals surface area contributed by atoms with Crippen LogP contribution in [-0.4, -0.2) is 30.4 Å². The number of carbonyl (C=O) groups is 1. The number of nitrogens with zero attached hydrogens (tertiary/aromatic N) is 3. The van der Waals surface area contributed by atoms with Crippen LogP contribution in [0.3, 0.4) is 0 Å². The van der Waals surface area contributed by atoms with Gasteiger partial charge in [-0.05, 0) is 18.2 Å². The first-order valence-corrected chi connectivity index (χ1v) is 6.99. The minimum absolute atomic E-state index is 0.0591. The van der Waals surface area contributed by atoms with Crippen molar-refractivity contribution < 1.29 is 9.90 Å². The lowest BCUT2D eigenvalue weighted by Crippen LogP contribution is -2.09. The van der Waals surface area contributed by atoms with Crippen molar-refractivity contribution in [3.8, 4) is 22.6 Å². The molecule has 4 rings (SSSR count). The summed E-state index contributed by atoms with van der Waals surface area (Å²) in [6.07, 6.45) is 3.64. The number of rotatable bonds is 3. The van der Waals surface area contributed by atoms with Gasteiger partial charge in [0, 0.05) is 30.9 Å². The standard InChI is InChI=1S/C15H15N5O2/c1-19-14-9(7-17-19)6-16-15-10(14)5-11(18-15)12-3-2-4-20(12)8-13(21)22/h2-5,7,16,18H,6,8H2,1H3,(H,21,22). The van der Waals surface area contributed by atoms with E-state index in [9.17, 15) is 4.79 Å². The molecule has 3 aromatic heterocycles. The quantitative estimate of drug-likeness (QED) is 0.689. The van der Waals surface area contributed by atoms with E-state index in [-0.39, 0.29) is 6.54 Å². The summed E-state index contributed by atoms with van der Waals surface area (Å²) in [6, 6.07) is 5.79. The summed E-state index contributed by atoms with van der Waals surface area (Å²) in [5.41, 5.74) is 5.04. The summed E-state index contributed by atoms with van der Waals surface area (Å²) in [5.74, 6) is 0.0787. The number of carboxylic acid groups (broad SMARTS) is 1. The van der Waals surface area contributed by atoms with Crippen molar-refractivity contribution in [1.82, 2.24) is 19.3 Å². The van der Waals surface area contributed by atoms with Crippen LogP contribution in [0.5, 0.6) is 0 Å². The molecule has 22 heavy (non-hydrogen) atoms. The maximum Gasteiger partial charge on any atom is 0.323 e. The van der Waals surface area contributed by atoms with E-state index in [0.717, 1.165) is 40.6 Å². The van der Waals surface area contributed by atoms with Crippen LogP contribution in [0.4, 0.5) is 5.82 Å². The lowest BCUT2D eigenvalue weighted by atomic mass is 10.1. The van der Waals surface area contributed by atoms with Crippen molar-refractivity contribution in [2.24, 2.45) is 7.05 Å². The fourth-order valence-corrected chi connectivity index (χ4v) is 3.00. The SMILES string of the molecule is Cn1ncc2c1-c1cc(-c3cccn3CC(=O)O)[nH]c1NC2. The van der Waals surface area contributed by atoms with Gasteiger partial charge >= 0.3 is 5.97 Å². The van der Waals surface area contributed by atoms with Gasteiger partial charge in [-0.2, -0.15) is 5.10 Å². The van der Waals surface area contributed by atoms with E-state index < -0.39 is 5.97 Å². The molecule has 0 spiro atoms. The average molecular weight is 297 g/mol. The molecule has 0 bridgehead atoms. The molecule has 0 aliphatic carbocycles. The maximum atomic E-state index is 11.0. The molecule has 112 valence electrons. The summed E-state index contributed by atoms with van der Waals surface area (Å²) in [4.78, 5) is 14.3. The first-order valence-electron chi connectivity index (χ1n) is 6.99. The Morgan fingerprint density at radius 2 is 2.36 bits per heavy atom. The Balaban J connectivity index is 1.81. The van der Waals surface area contributed by atoms with Crippen molar-refractivity contribution in [3.63, 3.8) is 0 Å².